The molecule has 0 spiro atoms. The van der Waals surface area contributed by atoms with Crippen LogP contribution in [0.25, 0.3) is 0 Å². The van der Waals surface area contributed by atoms with Crippen molar-refractivity contribution in [3.05, 3.63) is 29.3 Å². The van der Waals surface area contributed by atoms with Crippen LogP contribution in [-0.4, -0.2) is 50.6 Å². The van der Waals surface area contributed by atoms with Gasteiger partial charge in [-0.1, -0.05) is 18.2 Å². The van der Waals surface area contributed by atoms with Gasteiger partial charge in [0.15, 0.2) is 0 Å². The van der Waals surface area contributed by atoms with Crippen LogP contribution < -0.4 is 10.2 Å². The Balaban J connectivity index is 1.74. The van der Waals surface area contributed by atoms with Crippen molar-refractivity contribution in [1.82, 2.24) is 10.2 Å². The Hall–Kier alpha value is -1.39. The molecular weight excluding hydrogens is 250 g/mol. The first-order valence-electron chi connectivity index (χ1n) is 7.56. The van der Waals surface area contributed by atoms with Crippen molar-refractivity contribution in [3.8, 4) is 0 Å². The van der Waals surface area contributed by atoms with Gasteiger partial charge in [0.2, 0.25) is 5.91 Å². The molecule has 3 rings (SSSR count). The molecule has 4 nitrogen and oxygen atoms in total. The zero-order valence-electron chi connectivity index (χ0n) is 12.2. The van der Waals surface area contributed by atoms with Crippen LogP contribution in [0.3, 0.4) is 0 Å². The van der Waals surface area contributed by atoms with E-state index >= 15 is 0 Å². The fraction of sp³-hybridized carbons (Fsp3) is 0.562. The monoisotopic (exact) mass is 273 g/mol. The number of hydrogen-bond donors (Lipinski definition) is 1. The number of carbonyl (C=O) groups is 1. The Morgan fingerprint density at radius 3 is 2.80 bits per heavy atom. The third-order valence-corrected chi connectivity index (χ3v) is 4.43. The first kappa shape index (κ1) is 13.6. The molecule has 1 aromatic carbocycles. The molecule has 20 heavy (non-hydrogen) atoms. The van der Waals surface area contributed by atoms with Gasteiger partial charge >= 0.3 is 0 Å². The van der Waals surface area contributed by atoms with Crippen LogP contribution in [0, 0.1) is 0 Å². The normalized spacial score (nSPS) is 20.1. The Bertz CT molecular complexity index is 494. The number of aryl methyl sites for hydroxylation is 1. The number of fused-ring (bicyclic) bond motifs is 1. The third-order valence-electron chi connectivity index (χ3n) is 4.43. The summed E-state index contributed by atoms with van der Waals surface area (Å²) in [6.45, 7) is 5.52. The molecule has 0 bridgehead atoms. The molecule has 4 heteroatoms. The van der Waals surface area contributed by atoms with E-state index in [1.807, 2.05) is 11.9 Å². The number of anilines is 1. The van der Waals surface area contributed by atoms with Gasteiger partial charge in [0.05, 0.1) is 0 Å². The van der Waals surface area contributed by atoms with Crippen molar-refractivity contribution in [2.75, 3.05) is 44.7 Å². The van der Waals surface area contributed by atoms with Crippen LogP contribution in [-0.2, 0) is 17.6 Å². The van der Waals surface area contributed by atoms with Gasteiger partial charge in [-0.2, -0.15) is 0 Å². The summed E-state index contributed by atoms with van der Waals surface area (Å²) in [5.41, 5.74) is 3.81. The number of hydrogen-bond acceptors (Lipinski definition) is 3. The second kappa shape index (κ2) is 5.94. The van der Waals surface area contributed by atoms with Gasteiger partial charge in [-0.15, -0.1) is 0 Å². The average Bonchev–Trinajstić information content (AvgIpc) is 2.50. The lowest BCUT2D eigenvalue weighted by Crippen LogP contribution is -2.44. The Morgan fingerprint density at radius 1 is 1.20 bits per heavy atom. The van der Waals surface area contributed by atoms with Crippen molar-refractivity contribution in [3.63, 3.8) is 0 Å². The average molecular weight is 273 g/mol. The second-order valence-electron chi connectivity index (χ2n) is 5.72. The quantitative estimate of drug-likeness (QED) is 0.894. The zero-order valence-corrected chi connectivity index (χ0v) is 12.2. The maximum absolute atomic E-state index is 11.9. The fourth-order valence-electron chi connectivity index (χ4n) is 3.23. The van der Waals surface area contributed by atoms with Crippen LogP contribution in [0.1, 0.15) is 17.5 Å². The van der Waals surface area contributed by atoms with Crippen LogP contribution in [0.4, 0.5) is 5.69 Å². The van der Waals surface area contributed by atoms with Crippen molar-refractivity contribution in [1.29, 1.82) is 0 Å². The number of amides is 1. The van der Waals surface area contributed by atoms with Crippen LogP contribution in [0.2, 0.25) is 0 Å². The topological polar surface area (TPSA) is 35.6 Å². The fourth-order valence-corrected chi connectivity index (χ4v) is 3.23. The lowest BCUT2D eigenvalue weighted by Gasteiger charge is -2.30. The van der Waals surface area contributed by atoms with E-state index in [2.05, 4.69) is 28.4 Å². The molecule has 1 N–H and O–H groups in total. The molecule has 1 fully saturated rings. The van der Waals surface area contributed by atoms with E-state index in [4.69, 9.17) is 0 Å². The van der Waals surface area contributed by atoms with Gasteiger partial charge in [0.1, 0.15) is 0 Å². The summed E-state index contributed by atoms with van der Waals surface area (Å²) in [7, 11) is 1.91. The highest BCUT2D eigenvalue weighted by Gasteiger charge is 2.23. The van der Waals surface area contributed by atoms with Crippen molar-refractivity contribution >= 4 is 11.6 Å². The number of nitrogens with one attached hydrogen (secondary N) is 1. The van der Waals surface area contributed by atoms with E-state index in [0.29, 0.717) is 6.42 Å². The molecule has 1 aromatic rings. The first-order valence-corrected chi connectivity index (χ1v) is 7.56. The maximum atomic E-state index is 11.9. The summed E-state index contributed by atoms with van der Waals surface area (Å²) in [4.78, 5) is 16.3. The molecule has 1 amide bonds. The van der Waals surface area contributed by atoms with Crippen molar-refractivity contribution < 1.29 is 4.79 Å². The number of piperazine rings is 1. The van der Waals surface area contributed by atoms with Crippen LogP contribution in [0.15, 0.2) is 18.2 Å². The SMILES string of the molecule is CN1C(=O)CCc2cccc(CCN3CCNCC3)c21. The second-order valence-corrected chi connectivity index (χ2v) is 5.72. The molecule has 0 atom stereocenters. The summed E-state index contributed by atoms with van der Waals surface area (Å²) in [5, 5.41) is 3.38. The Kier molecular flexibility index (Phi) is 4.03. The molecule has 0 radical (unpaired) electrons. The van der Waals surface area contributed by atoms with E-state index < -0.39 is 0 Å². The molecule has 2 heterocycles. The van der Waals surface area contributed by atoms with E-state index in [9.17, 15) is 4.79 Å². The van der Waals surface area contributed by atoms with Crippen molar-refractivity contribution in [2.45, 2.75) is 19.3 Å². The van der Waals surface area contributed by atoms with Gasteiger partial charge in [0.25, 0.3) is 0 Å². The molecule has 0 aromatic heterocycles. The number of rotatable bonds is 3. The smallest absolute Gasteiger partial charge is 0.227 e. The summed E-state index contributed by atoms with van der Waals surface area (Å²) < 4.78 is 0. The van der Waals surface area contributed by atoms with Crippen LogP contribution in [0.5, 0.6) is 0 Å². The predicted octanol–water partition coefficient (Wildman–Crippen LogP) is 1.04. The largest absolute Gasteiger partial charge is 0.315 e. The van der Waals surface area contributed by atoms with Gasteiger partial charge in [-0.25, -0.2) is 0 Å². The highest BCUT2D eigenvalue weighted by molar-refractivity contribution is 5.96. The lowest BCUT2D eigenvalue weighted by atomic mass is 9.96. The number of carbonyl (C=O) groups excluding carboxylic acids is 1. The molecule has 2 aliphatic rings. The highest BCUT2D eigenvalue weighted by atomic mass is 16.2. The standard InChI is InChI=1S/C16H23N3O/c1-18-15(20)6-5-13-3-2-4-14(16(13)18)7-10-19-11-8-17-9-12-19/h2-4,17H,5-12H2,1H3. The van der Waals surface area contributed by atoms with Gasteiger partial charge in [-0.3, -0.25) is 4.79 Å². The van der Waals surface area contributed by atoms with E-state index in [-0.39, 0.29) is 5.91 Å². The molecular formula is C16H23N3O. The summed E-state index contributed by atoms with van der Waals surface area (Å²) in [6, 6.07) is 6.47. The lowest BCUT2D eigenvalue weighted by molar-refractivity contribution is -0.118. The number of nitrogens with zero attached hydrogens (tertiary/aromatic N) is 2. The molecule has 0 saturated carbocycles. The molecule has 2 aliphatic heterocycles. The zero-order chi connectivity index (χ0) is 13.9. The minimum Gasteiger partial charge on any atom is -0.315 e. The number of para-hydroxylation sites is 1. The molecule has 108 valence electrons. The maximum Gasteiger partial charge on any atom is 0.227 e. The van der Waals surface area contributed by atoms with E-state index in [1.54, 1.807) is 0 Å². The Morgan fingerprint density at radius 2 is 2.00 bits per heavy atom. The van der Waals surface area contributed by atoms with Gasteiger partial charge in [0, 0.05) is 51.9 Å². The van der Waals surface area contributed by atoms with E-state index in [1.165, 1.54) is 16.8 Å². The summed E-state index contributed by atoms with van der Waals surface area (Å²) in [6.07, 6.45) is 2.56. The van der Waals surface area contributed by atoms with Gasteiger partial charge < -0.3 is 15.1 Å². The van der Waals surface area contributed by atoms with Gasteiger partial charge in [-0.05, 0) is 24.0 Å². The van der Waals surface area contributed by atoms with E-state index in [0.717, 1.165) is 45.6 Å². The minimum absolute atomic E-state index is 0.243. The minimum atomic E-state index is 0.243. The predicted molar refractivity (Wildman–Crippen MR) is 81.2 cm³/mol. The Labute approximate surface area is 120 Å². The third kappa shape index (κ3) is 2.72. The summed E-state index contributed by atoms with van der Waals surface area (Å²) in [5.74, 6) is 0.243. The summed E-state index contributed by atoms with van der Waals surface area (Å²) >= 11 is 0. The highest BCUT2D eigenvalue weighted by Crippen LogP contribution is 2.30. The molecule has 0 aliphatic carbocycles. The van der Waals surface area contributed by atoms with Crippen LogP contribution >= 0.6 is 0 Å². The van der Waals surface area contributed by atoms with Crippen molar-refractivity contribution in [2.24, 2.45) is 0 Å². The number of benzene rings is 1. The first-order chi connectivity index (χ1) is 9.75. The molecule has 1 saturated heterocycles. The molecule has 0 unspecified atom stereocenters.